The van der Waals surface area contributed by atoms with Crippen molar-refractivity contribution < 1.29 is 0 Å². The van der Waals surface area contributed by atoms with E-state index < -0.39 is 0 Å². The van der Waals surface area contributed by atoms with Gasteiger partial charge in [-0.1, -0.05) is 0 Å². The first-order valence-corrected chi connectivity index (χ1v) is 7.87. The number of nitrogens with two attached hydrogens (primary N) is 1. The smallest absolute Gasteiger partial charge is 0.259 e. The number of nitrogens with zero attached hydrogens (tertiary/aromatic N) is 3. The lowest BCUT2D eigenvalue weighted by Gasteiger charge is -2.17. The zero-order chi connectivity index (χ0) is 14.3. The summed E-state index contributed by atoms with van der Waals surface area (Å²) in [5, 5.41) is 1.97. The lowest BCUT2D eigenvalue weighted by Crippen LogP contribution is -2.30. The van der Waals surface area contributed by atoms with Gasteiger partial charge >= 0.3 is 0 Å². The Kier molecular flexibility index (Phi) is 5.03. The number of halogens is 1. The van der Waals surface area contributed by atoms with Crippen LogP contribution in [0.2, 0.25) is 0 Å². The molecule has 0 saturated carbocycles. The number of hydrogen-bond acceptors (Lipinski definition) is 5. The third-order valence-electron chi connectivity index (χ3n) is 4.07. The van der Waals surface area contributed by atoms with E-state index in [1.54, 1.807) is 10.5 Å². The summed E-state index contributed by atoms with van der Waals surface area (Å²) >= 11 is 1.52. The molecule has 1 aliphatic heterocycles. The minimum absolute atomic E-state index is 0. The van der Waals surface area contributed by atoms with Crippen LogP contribution in [0.3, 0.4) is 0 Å². The summed E-state index contributed by atoms with van der Waals surface area (Å²) in [7, 11) is 0. The quantitative estimate of drug-likeness (QED) is 0.930. The van der Waals surface area contributed by atoms with Crippen molar-refractivity contribution in [1.29, 1.82) is 0 Å². The molecule has 2 unspecified atom stereocenters. The number of thiazole rings is 1. The molecule has 2 aromatic rings. The van der Waals surface area contributed by atoms with Crippen LogP contribution in [0.15, 0.2) is 16.2 Å². The van der Waals surface area contributed by atoms with Gasteiger partial charge < -0.3 is 5.73 Å². The van der Waals surface area contributed by atoms with E-state index >= 15 is 0 Å². The summed E-state index contributed by atoms with van der Waals surface area (Å²) in [5.41, 5.74) is 7.79. The zero-order valence-corrected chi connectivity index (χ0v) is 13.9. The summed E-state index contributed by atoms with van der Waals surface area (Å²) in [6, 6.07) is 1.90. The third-order valence-corrected chi connectivity index (χ3v) is 5.01. The van der Waals surface area contributed by atoms with Crippen molar-refractivity contribution in [3.05, 3.63) is 33.2 Å². The number of fused-ring (bicyclic) bond motifs is 1. The van der Waals surface area contributed by atoms with E-state index in [1.165, 1.54) is 11.3 Å². The molecule has 0 spiro atoms. The molecule has 0 radical (unpaired) electrons. The molecule has 3 heterocycles. The summed E-state index contributed by atoms with van der Waals surface area (Å²) in [6.07, 6.45) is 1.14. The molecule has 1 aliphatic rings. The van der Waals surface area contributed by atoms with E-state index in [0.717, 1.165) is 42.4 Å². The Morgan fingerprint density at radius 2 is 2.33 bits per heavy atom. The molecule has 2 N–H and O–H groups in total. The molecule has 3 rings (SSSR count). The first kappa shape index (κ1) is 16.4. The highest BCUT2D eigenvalue weighted by atomic mass is 35.5. The first-order valence-electron chi connectivity index (χ1n) is 6.99. The highest BCUT2D eigenvalue weighted by molar-refractivity contribution is 7.15. The monoisotopic (exact) mass is 328 g/mol. The SMILES string of the molecule is Cc1csc2nc(CN3CCC(C(C)N)C3)cc(=O)n12.Cl. The molecule has 21 heavy (non-hydrogen) atoms. The molecule has 116 valence electrons. The molecular weight excluding hydrogens is 308 g/mol. The average molecular weight is 329 g/mol. The summed E-state index contributed by atoms with van der Waals surface area (Å²) < 4.78 is 1.67. The van der Waals surface area contributed by atoms with E-state index in [2.05, 4.69) is 16.8 Å². The van der Waals surface area contributed by atoms with Gasteiger partial charge in [-0.25, -0.2) is 4.98 Å². The largest absolute Gasteiger partial charge is 0.328 e. The maximum absolute atomic E-state index is 12.1. The van der Waals surface area contributed by atoms with Gasteiger partial charge in [-0.05, 0) is 32.7 Å². The van der Waals surface area contributed by atoms with Gasteiger partial charge in [-0.3, -0.25) is 14.1 Å². The predicted molar refractivity (Wildman–Crippen MR) is 88.4 cm³/mol. The van der Waals surface area contributed by atoms with E-state index in [1.807, 2.05) is 12.3 Å². The molecule has 2 aromatic heterocycles. The van der Waals surface area contributed by atoms with Gasteiger partial charge in [0.1, 0.15) is 0 Å². The van der Waals surface area contributed by atoms with Crippen molar-refractivity contribution in [2.24, 2.45) is 11.7 Å². The zero-order valence-electron chi connectivity index (χ0n) is 12.3. The first-order chi connectivity index (χ1) is 9.54. The summed E-state index contributed by atoms with van der Waals surface area (Å²) in [6.45, 7) is 6.78. The standard InChI is InChI=1S/C14H20N4OS.ClH/c1-9-8-20-14-16-12(5-13(19)18(9)14)7-17-4-3-11(6-17)10(2)15;/h5,8,10-11H,3-4,6-7,15H2,1-2H3;1H. The van der Waals surface area contributed by atoms with Crippen LogP contribution in [-0.2, 0) is 6.54 Å². The van der Waals surface area contributed by atoms with Crippen LogP contribution >= 0.6 is 23.7 Å². The molecule has 1 saturated heterocycles. The number of hydrogen-bond donors (Lipinski definition) is 1. The van der Waals surface area contributed by atoms with Crippen LogP contribution in [0.1, 0.15) is 24.7 Å². The molecule has 1 fully saturated rings. The van der Waals surface area contributed by atoms with E-state index in [4.69, 9.17) is 5.73 Å². The number of aromatic nitrogens is 2. The molecular formula is C14H21ClN4OS. The molecule has 0 bridgehead atoms. The highest BCUT2D eigenvalue weighted by Crippen LogP contribution is 2.20. The minimum Gasteiger partial charge on any atom is -0.328 e. The second-order valence-electron chi connectivity index (χ2n) is 5.72. The van der Waals surface area contributed by atoms with Gasteiger partial charge in [0, 0.05) is 36.3 Å². The lowest BCUT2D eigenvalue weighted by atomic mass is 10.0. The molecule has 2 atom stereocenters. The van der Waals surface area contributed by atoms with Gasteiger partial charge in [-0.2, -0.15) is 0 Å². The Morgan fingerprint density at radius 3 is 3.00 bits per heavy atom. The normalized spacial score (nSPS) is 20.6. The highest BCUT2D eigenvalue weighted by Gasteiger charge is 2.25. The average Bonchev–Trinajstić information content (AvgIpc) is 2.97. The van der Waals surface area contributed by atoms with Crippen molar-refractivity contribution in [2.45, 2.75) is 32.9 Å². The number of rotatable bonds is 3. The fourth-order valence-electron chi connectivity index (χ4n) is 2.85. The fraction of sp³-hybridized carbons (Fsp3) is 0.571. The van der Waals surface area contributed by atoms with Crippen LogP contribution in [0.4, 0.5) is 0 Å². The predicted octanol–water partition coefficient (Wildman–Crippen LogP) is 1.66. The van der Waals surface area contributed by atoms with Crippen LogP contribution < -0.4 is 11.3 Å². The van der Waals surface area contributed by atoms with Crippen LogP contribution in [0, 0.1) is 12.8 Å². The maximum Gasteiger partial charge on any atom is 0.259 e. The van der Waals surface area contributed by atoms with Crippen LogP contribution in [-0.4, -0.2) is 33.4 Å². The fourth-order valence-corrected chi connectivity index (χ4v) is 3.74. The van der Waals surface area contributed by atoms with Gasteiger partial charge in [0.05, 0.1) is 5.69 Å². The summed E-state index contributed by atoms with van der Waals surface area (Å²) in [5.74, 6) is 0.559. The molecule has 0 amide bonds. The van der Waals surface area contributed by atoms with Crippen molar-refractivity contribution >= 4 is 28.7 Å². The topological polar surface area (TPSA) is 63.6 Å². The second-order valence-corrected chi connectivity index (χ2v) is 6.56. The van der Waals surface area contributed by atoms with Crippen molar-refractivity contribution in [3.8, 4) is 0 Å². The van der Waals surface area contributed by atoms with Gasteiger partial charge in [0.2, 0.25) is 0 Å². The molecule has 0 aliphatic carbocycles. The molecule has 7 heteroatoms. The Morgan fingerprint density at radius 1 is 1.57 bits per heavy atom. The van der Waals surface area contributed by atoms with Crippen LogP contribution in [0.25, 0.3) is 4.96 Å². The Balaban J connectivity index is 0.00000161. The third kappa shape index (κ3) is 3.29. The van der Waals surface area contributed by atoms with E-state index in [-0.39, 0.29) is 24.0 Å². The minimum atomic E-state index is 0. The van der Waals surface area contributed by atoms with Crippen molar-refractivity contribution in [2.75, 3.05) is 13.1 Å². The van der Waals surface area contributed by atoms with Crippen molar-refractivity contribution in [1.82, 2.24) is 14.3 Å². The lowest BCUT2D eigenvalue weighted by molar-refractivity contribution is 0.305. The second kappa shape index (κ2) is 6.44. The Bertz CT molecular complexity index is 681. The number of aryl methyl sites for hydroxylation is 1. The Labute approximate surface area is 134 Å². The summed E-state index contributed by atoms with van der Waals surface area (Å²) in [4.78, 5) is 19.8. The van der Waals surface area contributed by atoms with Crippen molar-refractivity contribution in [3.63, 3.8) is 0 Å². The molecule has 0 aromatic carbocycles. The van der Waals surface area contributed by atoms with Gasteiger partial charge in [-0.15, -0.1) is 23.7 Å². The van der Waals surface area contributed by atoms with Gasteiger partial charge in [0.15, 0.2) is 4.96 Å². The maximum atomic E-state index is 12.1. The Hall–Kier alpha value is -0.950. The number of likely N-dealkylation sites (tertiary alicyclic amines) is 1. The van der Waals surface area contributed by atoms with Gasteiger partial charge in [0.25, 0.3) is 5.56 Å². The van der Waals surface area contributed by atoms with Crippen LogP contribution in [0.5, 0.6) is 0 Å². The molecule has 5 nitrogen and oxygen atoms in total. The van der Waals surface area contributed by atoms with E-state index in [0.29, 0.717) is 5.92 Å². The van der Waals surface area contributed by atoms with E-state index in [9.17, 15) is 4.79 Å².